The molecule has 1 aliphatic rings. The molecule has 1 saturated heterocycles. The molecular weight excluding hydrogens is 188 g/mol. The van der Waals surface area contributed by atoms with E-state index < -0.39 is 5.54 Å². The van der Waals surface area contributed by atoms with Crippen molar-refractivity contribution in [3.63, 3.8) is 0 Å². The summed E-state index contributed by atoms with van der Waals surface area (Å²) in [4.78, 5) is 14.1. The number of rotatable bonds is 2. The van der Waals surface area contributed by atoms with E-state index in [1.165, 1.54) is 12.8 Å². The Labute approximate surface area is 93.0 Å². The van der Waals surface area contributed by atoms with Gasteiger partial charge in [0.2, 0.25) is 5.91 Å². The molecule has 1 heterocycles. The molecule has 1 amide bonds. The van der Waals surface area contributed by atoms with Gasteiger partial charge in [-0.1, -0.05) is 19.8 Å². The molecule has 0 aliphatic carbocycles. The standard InChI is InChI=1S/C12H24N2O/c1-4-10-8-6-5-7-9-14(10)11(15)12(2,3)13/h10H,4-9,13H2,1-3H3. The molecule has 15 heavy (non-hydrogen) atoms. The highest BCUT2D eigenvalue weighted by atomic mass is 16.2. The highest BCUT2D eigenvalue weighted by Gasteiger charge is 2.32. The first-order valence-corrected chi connectivity index (χ1v) is 6.06. The minimum Gasteiger partial charge on any atom is -0.338 e. The van der Waals surface area contributed by atoms with Crippen molar-refractivity contribution in [3.8, 4) is 0 Å². The molecular formula is C12H24N2O. The van der Waals surface area contributed by atoms with E-state index in [0.29, 0.717) is 6.04 Å². The maximum atomic E-state index is 12.1. The lowest BCUT2D eigenvalue weighted by Crippen LogP contribution is -2.54. The van der Waals surface area contributed by atoms with E-state index in [1.807, 2.05) is 4.90 Å². The van der Waals surface area contributed by atoms with Crippen LogP contribution < -0.4 is 5.73 Å². The Balaban J connectivity index is 2.74. The van der Waals surface area contributed by atoms with Gasteiger partial charge in [-0.3, -0.25) is 4.79 Å². The van der Waals surface area contributed by atoms with Gasteiger partial charge in [-0.25, -0.2) is 0 Å². The SMILES string of the molecule is CCC1CCCCCN1C(=O)C(C)(C)N. The van der Waals surface area contributed by atoms with E-state index in [-0.39, 0.29) is 5.91 Å². The molecule has 3 nitrogen and oxygen atoms in total. The zero-order valence-electron chi connectivity index (χ0n) is 10.3. The number of amides is 1. The summed E-state index contributed by atoms with van der Waals surface area (Å²) in [6.07, 6.45) is 5.79. The van der Waals surface area contributed by atoms with Crippen molar-refractivity contribution >= 4 is 5.91 Å². The van der Waals surface area contributed by atoms with Crippen LogP contribution in [0.3, 0.4) is 0 Å². The third-order valence-corrected chi connectivity index (χ3v) is 3.16. The largest absolute Gasteiger partial charge is 0.338 e. The number of hydrogen-bond donors (Lipinski definition) is 1. The normalized spacial score (nSPS) is 23.7. The predicted molar refractivity (Wildman–Crippen MR) is 62.5 cm³/mol. The number of carbonyl (C=O) groups is 1. The fraction of sp³-hybridized carbons (Fsp3) is 0.917. The third-order valence-electron chi connectivity index (χ3n) is 3.16. The van der Waals surface area contributed by atoms with Crippen molar-refractivity contribution in [2.24, 2.45) is 5.73 Å². The Morgan fingerprint density at radius 2 is 2.07 bits per heavy atom. The summed E-state index contributed by atoms with van der Waals surface area (Å²) in [6.45, 7) is 6.64. The van der Waals surface area contributed by atoms with Gasteiger partial charge in [-0.05, 0) is 33.1 Å². The smallest absolute Gasteiger partial charge is 0.242 e. The van der Waals surface area contributed by atoms with Gasteiger partial charge >= 0.3 is 0 Å². The first-order valence-electron chi connectivity index (χ1n) is 6.06. The van der Waals surface area contributed by atoms with E-state index >= 15 is 0 Å². The van der Waals surface area contributed by atoms with Gasteiger partial charge in [-0.2, -0.15) is 0 Å². The molecule has 88 valence electrons. The van der Waals surface area contributed by atoms with Gasteiger partial charge < -0.3 is 10.6 Å². The maximum absolute atomic E-state index is 12.1. The molecule has 1 aliphatic heterocycles. The Morgan fingerprint density at radius 1 is 1.40 bits per heavy atom. The highest BCUT2D eigenvalue weighted by Crippen LogP contribution is 2.21. The molecule has 1 unspecified atom stereocenters. The van der Waals surface area contributed by atoms with Crippen LogP contribution in [-0.4, -0.2) is 28.9 Å². The molecule has 1 rings (SSSR count). The summed E-state index contributed by atoms with van der Waals surface area (Å²) >= 11 is 0. The monoisotopic (exact) mass is 212 g/mol. The van der Waals surface area contributed by atoms with Crippen LogP contribution in [0.25, 0.3) is 0 Å². The van der Waals surface area contributed by atoms with Crippen molar-refractivity contribution in [1.29, 1.82) is 0 Å². The Morgan fingerprint density at radius 3 is 2.60 bits per heavy atom. The summed E-state index contributed by atoms with van der Waals surface area (Å²) in [5.41, 5.74) is 5.16. The predicted octanol–water partition coefficient (Wildman–Crippen LogP) is 1.90. The van der Waals surface area contributed by atoms with Crippen molar-refractivity contribution in [3.05, 3.63) is 0 Å². The van der Waals surface area contributed by atoms with Crippen LogP contribution in [-0.2, 0) is 4.79 Å². The number of nitrogens with zero attached hydrogens (tertiary/aromatic N) is 1. The minimum absolute atomic E-state index is 0.108. The second-order valence-electron chi connectivity index (χ2n) is 5.13. The van der Waals surface area contributed by atoms with Gasteiger partial charge in [0.05, 0.1) is 5.54 Å². The zero-order chi connectivity index (χ0) is 11.5. The molecule has 0 bridgehead atoms. The number of likely N-dealkylation sites (tertiary alicyclic amines) is 1. The lowest BCUT2D eigenvalue weighted by Gasteiger charge is -2.34. The average Bonchev–Trinajstić information content (AvgIpc) is 2.39. The van der Waals surface area contributed by atoms with E-state index in [2.05, 4.69) is 6.92 Å². The van der Waals surface area contributed by atoms with Crippen LogP contribution in [0.15, 0.2) is 0 Å². The van der Waals surface area contributed by atoms with Crippen LogP contribution >= 0.6 is 0 Å². The van der Waals surface area contributed by atoms with Crippen LogP contribution in [0.4, 0.5) is 0 Å². The van der Waals surface area contributed by atoms with E-state index in [1.54, 1.807) is 13.8 Å². The van der Waals surface area contributed by atoms with Gasteiger partial charge in [-0.15, -0.1) is 0 Å². The van der Waals surface area contributed by atoms with Crippen molar-refractivity contribution in [2.75, 3.05) is 6.54 Å². The summed E-state index contributed by atoms with van der Waals surface area (Å²) in [7, 11) is 0. The summed E-state index contributed by atoms with van der Waals surface area (Å²) in [5.74, 6) is 0.108. The lowest BCUT2D eigenvalue weighted by atomic mass is 10.0. The second kappa shape index (κ2) is 4.97. The molecule has 2 N–H and O–H groups in total. The number of nitrogens with two attached hydrogens (primary N) is 1. The molecule has 0 radical (unpaired) electrons. The number of hydrogen-bond acceptors (Lipinski definition) is 2. The summed E-state index contributed by atoms with van der Waals surface area (Å²) in [5, 5.41) is 0. The molecule has 0 spiro atoms. The summed E-state index contributed by atoms with van der Waals surface area (Å²) in [6, 6.07) is 0.405. The van der Waals surface area contributed by atoms with Crippen molar-refractivity contribution < 1.29 is 4.79 Å². The minimum atomic E-state index is -0.724. The van der Waals surface area contributed by atoms with Gasteiger partial charge in [0.15, 0.2) is 0 Å². The fourth-order valence-electron chi connectivity index (χ4n) is 2.24. The molecule has 0 aromatic heterocycles. The van der Waals surface area contributed by atoms with Crippen LogP contribution in [0.2, 0.25) is 0 Å². The van der Waals surface area contributed by atoms with Gasteiger partial charge in [0.1, 0.15) is 0 Å². The molecule has 3 heteroatoms. The van der Waals surface area contributed by atoms with Crippen molar-refractivity contribution in [2.45, 2.75) is 64.5 Å². The fourth-order valence-corrected chi connectivity index (χ4v) is 2.24. The Kier molecular flexibility index (Phi) is 4.14. The number of carbonyl (C=O) groups excluding carboxylic acids is 1. The van der Waals surface area contributed by atoms with Gasteiger partial charge in [0.25, 0.3) is 0 Å². The second-order valence-corrected chi connectivity index (χ2v) is 5.13. The Bertz CT molecular complexity index is 220. The van der Waals surface area contributed by atoms with E-state index in [4.69, 9.17) is 5.73 Å². The third kappa shape index (κ3) is 3.20. The van der Waals surface area contributed by atoms with E-state index in [9.17, 15) is 4.79 Å². The molecule has 0 saturated carbocycles. The first-order chi connectivity index (χ1) is 6.96. The highest BCUT2D eigenvalue weighted by molar-refractivity contribution is 5.85. The quantitative estimate of drug-likeness (QED) is 0.760. The summed E-state index contributed by atoms with van der Waals surface area (Å²) < 4.78 is 0. The molecule has 0 aromatic carbocycles. The zero-order valence-corrected chi connectivity index (χ0v) is 10.3. The topological polar surface area (TPSA) is 46.3 Å². The van der Waals surface area contributed by atoms with Crippen LogP contribution in [0.1, 0.15) is 52.9 Å². The lowest BCUT2D eigenvalue weighted by molar-refractivity contribution is -0.138. The van der Waals surface area contributed by atoms with Crippen LogP contribution in [0.5, 0.6) is 0 Å². The van der Waals surface area contributed by atoms with Crippen LogP contribution in [0, 0.1) is 0 Å². The molecule has 0 aromatic rings. The van der Waals surface area contributed by atoms with Crippen molar-refractivity contribution in [1.82, 2.24) is 4.90 Å². The first kappa shape index (κ1) is 12.5. The maximum Gasteiger partial charge on any atom is 0.242 e. The molecule has 1 atom stereocenters. The Hall–Kier alpha value is -0.570. The van der Waals surface area contributed by atoms with E-state index in [0.717, 1.165) is 25.8 Å². The average molecular weight is 212 g/mol. The molecule has 1 fully saturated rings. The van der Waals surface area contributed by atoms with Gasteiger partial charge in [0, 0.05) is 12.6 Å².